The van der Waals surface area contributed by atoms with Crippen LogP contribution in [0.5, 0.6) is 0 Å². The molecule has 0 saturated heterocycles. The average molecular weight is 303 g/mol. The summed E-state index contributed by atoms with van der Waals surface area (Å²) in [5, 5.41) is 6.06. The highest BCUT2D eigenvalue weighted by Crippen LogP contribution is 2.35. The third-order valence-electron chi connectivity index (χ3n) is 2.84. The second-order valence-corrected chi connectivity index (χ2v) is 6.43. The molecule has 98 valence electrons. The van der Waals surface area contributed by atoms with Crippen LogP contribution in [0.25, 0.3) is 0 Å². The first-order chi connectivity index (χ1) is 8.61. The molecule has 2 nitrogen and oxygen atoms in total. The molecule has 1 aromatic rings. The molecule has 18 heavy (non-hydrogen) atoms. The number of anilines is 1. The topological polar surface area (TPSA) is 24.4 Å². The Labute approximate surface area is 122 Å². The number of aryl methyl sites for hydroxylation is 1. The van der Waals surface area contributed by atoms with Crippen LogP contribution in [-0.4, -0.2) is 17.0 Å². The molecule has 1 unspecified atom stereocenters. The SMILES string of the molecule is CCCC1CN=C(Nc2c(Cl)ccc(C)c2Cl)S1. The van der Waals surface area contributed by atoms with Crippen LogP contribution in [0.4, 0.5) is 5.69 Å². The van der Waals surface area contributed by atoms with Gasteiger partial charge in [0.1, 0.15) is 0 Å². The average Bonchev–Trinajstić information content (AvgIpc) is 2.78. The second kappa shape index (κ2) is 6.18. The number of thioether (sulfide) groups is 1. The van der Waals surface area contributed by atoms with E-state index in [1.54, 1.807) is 11.8 Å². The molecule has 1 heterocycles. The van der Waals surface area contributed by atoms with Gasteiger partial charge in [0, 0.05) is 5.25 Å². The monoisotopic (exact) mass is 302 g/mol. The summed E-state index contributed by atoms with van der Waals surface area (Å²) in [5.41, 5.74) is 1.78. The lowest BCUT2D eigenvalue weighted by Crippen LogP contribution is -2.08. The fraction of sp³-hybridized carbons (Fsp3) is 0.462. The molecule has 0 fully saturated rings. The molecule has 0 aromatic heterocycles. The Morgan fingerprint density at radius 1 is 1.44 bits per heavy atom. The van der Waals surface area contributed by atoms with Crippen molar-refractivity contribution in [3.05, 3.63) is 27.7 Å². The van der Waals surface area contributed by atoms with Crippen molar-refractivity contribution in [2.75, 3.05) is 11.9 Å². The number of hydrogen-bond acceptors (Lipinski definition) is 3. The van der Waals surface area contributed by atoms with Gasteiger partial charge in [-0.2, -0.15) is 0 Å². The Hall–Kier alpha value is -0.380. The zero-order valence-corrected chi connectivity index (χ0v) is 12.8. The van der Waals surface area contributed by atoms with Crippen LogP contribution in [0.15, 0.2) is 17.1 Å². The van der Waals surface area contributed by atoms with E-state index in [1.807, 2.05) is 19.1 Å². The van der Waals surface area contributed by atoms with E-state index in [-0.39, 0.29) is 0 Å². The minimum absolute atomic E-state index is 0.583. The first-order valence-corrected chi connectivity index (χ1v) is 7.68. The standard InChI is InChI=1S/C13H16Cl2N2S/c1-3-4-9-7-16-13(18-9)17-12-10(14)6-5-8(2)11(12)15/h5-6,9H,3-4,7H2,1-2H3,(H,16,17). The van der Waals surface area contributed by atoms with Crippen molar-refractivity contribution in [3.8, 4) is 0 Å². The Balaban J connectivity index is 2.09. The highest BCUT2D eigenvalue weighted by atomic mass is 35.5. The number of aliphatic imine (C=N–C) groups is 1. The third kappa shape index (κ3) is 3.14. The summed E-state index contributed by atoms with van der Waals surface area (Å²) in [7, 11) is 0. The van der Waals surface area contributed by atoms with Crippen LogP contribution in [-0.2, 0) is 0 Å². The Morgan fingerprint density at radius 2 is 2.22 bits per heavy atom. The lowest BCUT2D eigenvalue weighted by molar-refractivity contribution is 0.754. The molecule has 0 radical (unpaired) electrons. The number of nitrogens with one attached hydrogen (secondary N) is 1. The van der Waals surface area contributed by atoms with Crippen molar-refractivity contribution in [3.63, 3.8) is 0 Å². The smallest absolute Gasteiger partial charge is 0.161 e. The first-order valence-electron chi connectivity index (χ1n) is 6.04. The maximum Gasteiger partial charge on any atom is 0.161 e. The number of rotatable bonds is 3. The molecule has 1 aliphatic heterocycles. The van der Waals surface area contributed by atoms with Crippen molar-refractivity contribution in [2.45, 2.75) is 31.9 Å². The first kappa shape index (κ1) is 14.0. The number of benzene rings is 1. The Morgan fingerprint density at radius 3 is 2.94 bits per heavy atom. The quantitative estimate of drug-likeness (QED) is 0.851. The number of nitrogens with zero attached hydrogens (tertiary/aromatic N) is 1. The van der Waals surface area contributed by atoms with Gasteiger partial charge in [0.2, 0.25) is 0 Å². The van der Waals surface area contributed by atoms with Crippen LogP contribution < -0.4 is 5.32 Å². The van der Waals surface area contributed by atoms with Crippen molar-refractivity contribution in [2.24, 2.45) is 4.99 Å². The van der Waals surface area contributed by atoms with Gasteiger partial charge in [0.15, 0.2) is 5.17 Å². The van der Waals surface area contributed by atoms with Gasteiger partial charge in [0.25, 0.3) is 0 Å². The van der Waals surface area contributed by atoms with Gasteiger partial charge in [-0.05, 0) is 25.0 Å². The van der Waals surface area contributed by atoms with Gasteiger partial charge >= 0.3 is 0 Å². The molecular formula is C13H16Cl2N2S. The molecule has 1 aromatic carbocycles. The number of amidine groups is 1. The highest BCUT2D eigenvalue weighted by Gasteiger charge is 2.20. The van der Waals surface area contributed by atoms with Crippen LogP contribution in [0.3, 0.4) is 0 Å². The van der Waals surface area contributed by atoms with E-state index in [9.17, 15) is 0 Å². The summed E-state index contributed by atoms with van der Waals surface area (Å²) in [6.07, 6.45) is 2.38. The van der Waals surface area contributed by atoms with E-state index >= 15 is 0 Å². The summed E-state index contributed by atoms with van der Waals surface area (Å²) in [4.78, 5) is 4.49. The molecule has 1 atom stereocenters. The largest absolute Gasteiger partial charge is 0.333 e. The summed E-state index contributed by atoms with van der Waals surface area (Å²) in [6.45, 7) is 5.04. The maximum atomic E-state index is 6.26. The summed E-state index contributed by atoms with van der Waals surface area (Å²) < 4.78 is 0. The molecule has 0 aliphatic carbocycles. The lowest BCUT2D eigenvalue weighted by Gasteiger charge is -2.12. The lowest BCUT2D eigenvalue weighted by atomic mass is 10.2. The van der Waals surface area contributed by atoms with Crippen LogP contribution >= 0.6 is 35.0 Å². The normalized spacial score (nSPS) is 18.9. The molecule has 2 rings (SSSR count). The van der Waals surface area contributed by atoms with E-state index < -0.39 is 0 Å². The van der Waals surface area contributed by atoms with Crippen LogP contribution in [0, 0.1) is 6.92 Å². The predicted octanol–water partition coefficient (Wildman–Crippen LogP) is 4.99. The van der Waals surface area contributed by atoms with Crippen LogP contribution in [0.1, 0.15) is 25.3 Å². The molecule has 0 amide bonds. The molecule has 0 spiro atoms. The Kier molecular flexibility index (Phi) is 4.82. The van der Waals surface area contributed by atoms with Gasteiger partial charge in [-0.1, -0.05) is 54.4 Å². The third-order valence-corrected chi connectivity index (χ3v) is 4.82. The molecule has 1 N–H and O–H groups in total. The minimum atomic E-state index is 0.583. The fourth-order valence-electron chi connectivity index (χ4n) is 1.84. The molecule has 0 saturated carbocycles. The van der Waals surface area contributed by atoms with Gasteiger partial charge in [-0.3, -0.25) is 4.99 Å². The predicted molar refractivity (Wildman–Crippen MR) is 83.4 cm³/mol. The molecular weight excluding hydrogens is 287 g/mol. The van der Waals surface area contributed by atoms with Crippen molar-refractivity contribution in [1.29, 1.82) is 0 Å². The minimum Gasteiger partial charge on any atom is -0.333 e. The van der Waals surface area contributed by atoms with Gasteiger partial charge < -0.3 is 5.32 Å². The van der Waals surface area contributed by atoms with E-state index in [4.69, 9.17) is 23.2 Å². The van der Waals surface area contributed by atoms with Crippen molar-refractivity contribution in [1.82, 2.24) is 0 Å². The summed E-state index contributed by atoms with van der Waals surface area (Å²) >= 11 is 14.2. The van der Waals surface area contributed by atoms with Gasteiger partial charge in [-0.15, -0.1) is 0 Å². The van der Waals surface area contributed by atoms with E-state index in [1.165, 1.54) is 12.8 Å². The van der Waals surface area contributed by atoms with Crippen molar-refractivity contribution < 1.29 is 0 Å². The summed E-state index contributed by atoms with van der Waals surface area (Å²) in [5.74, 6) is 0. The van der Waals surface area contributed by atoms with E-state index in [2.05, 4.69) is 17.2 Å². The molecule has 1 aliphatic rings. The number of halogens is 2. The zero-order chi connectivity index (χ0) is 13.1. The van der Waals surface area contributed by atoms with Crippen LogP contribution in [0.2, 0.25) is 10.0 Å². The van der Waals surface area contributed by atoms with Gasteiger partial charge in [-0.25, -0.2) is 0 Å². The highest BCUT2D eigenvalue weighted by molar-refractivity contribution is 8.15. The molecule has 0 bridgehead atoms. The second-order valence-electron chi connectivity index (χ2n) is 4.35. The van der Waals surface area contributed by atoms with E-state index in [0.29, 0.717) is 15.3 Å². The summed E-state index contributed by atoms with van der Waals surface area (Å²) in [6, 6.07) is 3.77. The maximum absolute atomic E-state index is 6.26. The molecule has 5 heteroatoms. The van der Waals surface area contributed by atoms with E-state index in [0.717, 1.165) is 23.0 Å². The van der Waals surface area contributed by atoms with Gasteiger partial charge in [0.05, 0.1) is 22.3 Å². The fourth-order valence-corrected chi connectivity index (χ4v) is 3.43. The zero-order valence-electron chi connectivity index (χ0n) is 10.5. The number of hydrogen-bond donors (Lipinski definition) is 1. The Bertz CT molecular complexity index is 474. The van der Waals surface area contributed by atoms with Crippen molar-refractivity contribution >= 4 is 45.8 Å².